The maximum Gasteiger partial charge on any atom is 0.00965 e. The fourth-order valence-electron chi connectivity index (χ4n) is 3.07. The van der Waals surface area contributed by atoms with Gasteiger partial charge in [-0.1, -0.05) is 19.8 Å². The minimum atomic E-state index is 0.274. The number of nitrogens with one attached hydrogen (secondary N) is 1. The van der Waals surface area contributed by atoms with Crippen LogP contribution < -0.4 is 5.32 Å². The van der Waals surface area contributed by atoms with Gasteiger partial charge in [-0.3, -0.25) is 0 Å². The minimum absolute atomic E-state index is 0.274. The van der Waals surface area contributed by atoms with Crippen molar-refractivity contribution in [3.63, 3.8) is 0 Å². The lowest BCUT2D eigenvalue weighted by atomic mass is 9.96. The van der Waals surface area contributed by atoms with E-state index in [0.29, 0.717) is 0 Å². The van der Waals surface area contributed by atoms with Crippen LogP contribution in [-0.4, -0.2) is 36.6 Å². The van der Waals surface area contributed by atoms with Gasteiger partial charge in [0.15, 0.2) is 0 Å². The van der Waals surface area contributed by atoms with E-state index < -0.39 is 0 Å². The molecule has 1 saturated heterocycles. The van der Waals surface area contributed by atoms with E-state index in [2.05, 4.69) is 37.9 Å². The zero-order valence-electron chi connectivity index (χ0n) is 13.8. The van der Waals surface area contributed by atoms with E-state index >= 15 is 0 Å². The van der Waals surface area contributed by atoms with Gasteiger partial charge in [-0.05, 0) is 85.0 Å². The van der Waals surface area contributed by atoms with Gasteiger partial charge in [0.25, 0.3) is 0 Å². The normalized spacial score (nSPS) is 22.4. The molecule has 2 nitrogen and oxygen atoms in total. The Morgan fingerprint density at radius 1 is 1.11 bits per heavy atom. The summed E-state index contributed by atoms with van der Waals surface area (Å²) in [5.74, 6) is 1.01. The quantitative estimate of drug-likeness (QED) is 0.701. The number of hydrogen-bond donors (Lipinski definition) is 1. The summed E-state index contributed by atoms with van der Waals surface area (Å²) < 4.78 is 0. The highest BCUT2D eigenvalue weighted by atomic mass is 15.1. The summed E-state index contributed by atoms with van der Waals surface area (Å²) in [6.45, 7) is 14.2. The summed E-state index contributed by atoms with van der Waals surface area (Å²) in [5, 5.41) is 3.58. The average molecular weight is 268 g/mol. The van der Waals surface area contributed by atoms with Crippen molar-refractivity contribution in [2.24, 2.45) is 5.92 Å². The molecular weight excluding hydrogens is 232 g/mol. The van der Waals surface area contributed by atoms with Crippen molar-refractivity contribution in [2.75, 3.05) is 26.2 Å². The third kappa shape index (κ3) is 8.65. The van der Waals surface area contributed by atoms with E-state index in [9.17, 15) is 0 Å². The van der Waals surface area contributed by atoms with Crippen molar-refractivity contribution in [1.29, 1.82) is 0 Å². The van der Waals surface area contributed by atoms with Crippen LogP contribution in [0.5, 0.6) is 0 Å². The Balaban J connectivity index is 2.06. The minimum Gasteiger partial charge on any atom is -0.312 e. The monoisotopic (exact) mass is 268 g/mol. The molecule has 1 aliphatic heterocycles. The first kappa shape index (κ1) is 17.0. The van der Waals surface area contributed by atoms with Crippen molar-refractivity contribution < 1.29 is 0 Å². The van der Waals surface area contributed by atoms with Gasteiger partial charge in [0.1, 0.15) is 0 Å². The molecule has 0 saturated carbocycles. The number of likely N-dealkylation sites (tertiary alicyclic amines) is 1. The van der Waals surface area contributed by atoms with Crippen LogP contribution in [0.15, 0.2) is 0 Å². The zero-order chi connectivity index (χ0) is 14.1. The maximum absolute atomic E-state index is 3.58. The predicted molar refractivity (Wildman–Crippen MR) is 85.7 cm³/mol. The van der Waals surface area contributed by atoms with Crippen molar-refractivity contribution in [3.8, 4) is 0 Å². The molecule has 1 aliphatic rings. The molecule has 1 atom stereocenters. The summed E-state index contributed by atoms with van der Waals surface area (Å²) in [7, 11) is 0. The molecule has 0 aliphatic carbocycles. The molecule has 1 fully saturated rings. The van der Waals surface area contributed by atoms with Crippen molar-refractivity contribution in [2.45, 2.75) is 78.2 Å². The van der Waals surface area contributed by atoms with Crippen LogP contribution in [0.1, 0.15) is 72.6 Å². The molecule has 0 radical (unpaired) electrons. The van der Waals surface area contributed by atoms with Gasteiger partial charge in [-0.2, -0.15) is 0 Å². The molecule has 0 amide bonds. The molecule has 1 rings (SSSR count). The average Bonchev–Trinajstić information content (AvgIpc) is 2.54. The van der Waals surface area contributed by atoms with Gasteiger partial charge < -0.3 is 10.2 Å². The number of hydrogen-bond acceptors (Lipinski definition) is 2. The molecule has 1 unspecified atom stereocenters. The second-order valence-corrected chi connectivity index (χ2v) is 7.31. The third-order valence-corrected chi connectivity index (χ3v) is 4.19. The van der Waals surface area contributed by atoms with E-state index in [1.165, 1.54) is 64.6 Å². The molecule has 0 aromatic rings. The van der Waals surface area contributed by atoms with Gasteiger partial charge >= 0.3 is 0 Å². The number of nitrogens with zero attached hydrogens (tertiary/aromatic N) is 1. The van der Waals surface area contributed by atoms with Crippen LogP contribution in [0.3, 0.4) is 0 Å². The molecule has 0 spiro atoms. The van der Waals surface area contributed by atoms with E-state index in [4.69, 9.17) is 0 Å². The van der Waals surface area contributed by atoms with Crippen molar-refractivity contribution >= 4 is 0 Å². The van der Waals surface area contributed by atoms with Gasteiger partial charge in [0.2, 0.25) is 0 Å². The Hall–Kier alpha value is -0.0800. The van der Waals surface area contributed by atoms with Crippen LogP contribution >= 0.6 is 0 Å². The highest BCUT2D eigenvalue weighted by Crippen LogP contribution is 2.21. The van der Waals surface area contributed by atoms with Crippen LogP contribution in [-0.2, 0) is 0 Å². The van der Waals surface area contributed by atoms with Crippen molar-refractivity contribution in [1.82, 2.24) is 10.2 Å². The molecule has 0 aromatic carbocycles. The van der Waals surface area contributed by atoms with E-state index in [1.54, 1.807) is 0 Å². The number of unbranched alkanes of at least 4 members (excludes halogenated alkanes) is 1. The molecule has 114 valence electrons. The van der Waals surface area contributed by atoms with Gasteiger partial charge in [0, 0.05) is 5.54 Å². The predicted octanol–water partition coefficient (Wildman–Crippen LogP) is 4.06. The molecule has 0 aromatic heterocycles. The maximum atomic E-state index is 3.58. The first-order valence-corrected chi connectivity index (χ1v) is 8.48. The van der Waals surface area contributed by atoms with E-state index in [1.807, 2.05) is 0 Å². The Morgan fingerprint density at radius 2 is 1.89 bits per heavy atom. The summed E-state index contributed by atoms with van der Waals surface area (Å²) in [4.78, 5) is 2.70. The van der Waals surface area contributed by atoms with Crippen LogP contribution in [0.4, 0.5) is 0 Å². The van der Waals surface area contributed by atoms with Gasteiger partial charge in [-0.15, -0.1) is 0 Å². The fourth-order valence-corrected chi connectivity index (χ4v) is 3.07. The third-order valence-electron chi connectivity index (χ3n) is 4.19. The Bertz CT molecular complexity index is 220. The van der Waals surface area contributed by atoms with Crippen LogP contribution in [0, 0.1) is 5.92 Å². The second-order valence-electron chi connectivity index (χ2n) is 7.31. The SMILES string of the molecule is CCCC1CCCN(CCCCNC(C)(C)C)CC1. The second kappa shape index (κ2) is 8.97. The van der Waals surface area contributed by atoms with Crippen LogP contribution in [0.25, 0.3) is 0 Å². The van der Waals surface area contributed by atoms with E-state index in [0.717, 1.165) is 12.5 Å². The summed E-state index contributed by atoms with van der Waals surface area (Å²) in [6, 6.07) is 0. The first-order chi connectivity index (χ1) is 9.01. The molecule has 2 heteroatoms. The lowest BCUT2D eigenvalue weighted by Crippen LogP contribution is -2.36. The zero-order valence-corrected chi connectivity index (χ0v) is 13.8. The summed E-state index contributed by atoms with van der Waals surface area (Å²) in [6.07, 6.45) is 9.80. The van der Waals surface area contributed by atoms with Crippen molar-refractivity contribution in [3.05, 3.63) is 0 Å². The smallest absolute Gasteiger partial charge is 0.00965 e. The lowest BCUT2D eigenvalue weighted by molar-refractivity contribution is 0.271. The highest BCUT2D eigenvalue weighted by molar-refractivity contribution is 4.72. The van der Waals surface area contributed by atoms with Gasteiger partial charge in [-0.25, -0.2) is 0 Å². The first-order valence-electron chi connectivity index (χ1n) is 8.48. The number of rotatable bonds is 7. The Kier molecular flexibility index (Phi) is 8.01. The molecule has 0 bridgehead atoms. The largest absolute Gasteiger partial charge is 0.312 e. The standard InChI is InChI=1S/C17H36N2/c1-5-9-16-10-8-14-19(15-11-16)13-7-6-12-18-17(2,3)4/h16,18H,5-15H2,1-4H3. The Labute approximate surface area is 121 Å². The molecule has 19 heavy (non-hydrogen) atoms. The summed E-state index contributed by atoms with van der Waals surface area (Å²) >= 11 is 0. The molecular formula is C17H36N2. The van der Waals surface area contributed by atoms with Gasteiger partial charge in [0.05, 0.1) is 0 Å². The lowest BCUT2D eigenvalue weighted by Gasteiger charge is -2.22. The molecule has 1 heterocycles. The fraction of sp³-hybridized carbons (Fsp3) is 1.00. The highest BCUT2D eigenvalue weighted by Gasteiger charge is 2.15. The van der Waals surface area contributed by atoms with Crippen LogP contribution in [0.2, 0.25) is 0 Å². The van der Waals surface area contributed by atoms with E-state index in [-0.39, 0.29) is 5.54 Å². The topological polar surface area (TPSA) is 15.3 Å². The molecule has 1 N–H and O–H groups in total. The Morgan fingerprint density at radius 3 is 2.58 bits per heavy atom. The summed E-state index contributed by atoms with van der Waals surface area (Å²) in [5.41, 5.74) is 0.274.